The van der Waals surface area contributed by atoms with E-state index in [4.69, 9.17) is 0 Å². The number of urea groups is 1. The number of hydrogen-bond acceptors (Lipinski definition) is 1. The van der Waals surface area contributed by atoms with Gasteiger partial charge in [0.25, 0.3) is 0 Å². The maximum absolute atomic E-state index is 10.8. The van der Waals surface area contributed by atoms with Gasteiger partial charge in [0, 0.05) is 12.6 Å². The van der Waals surface area contributed by atoms with Crippen molar-refractivity contribution >= 4 is 6.03 Å². The van der Waals surface area contributed by atoms with E-state index in [9.17, 15) is 4.79 Å². The van der Waals surface area contributed by atoms with Crippen LogP contribution in [0.4, 0.5) is 4.79 Å². The molecule has 2 amide bonds. The molecular formula is C7H14N2O. The summed E-state index contributed by atoms with van der Waals surface area (Å²) in [7, 11) is 0. The van der Waals surface area contributed by atoms with Gasteiger partial charge in [-0.3, -0.25) is 0 Å². The van der Waals surface area contributed by atoms with E-state index in [1.54, 1.807) is 0 Å². The van der Waals surface area contributed by atoms with E-state index in [1.165, 1.54) is 0 Å². The molecule has 0 heterocycles. The van der Waals surface area contributed by atoms with Gasteiger partial charge in [-0.2, -0.15) is 0 Å². The van der Waals surface area contributed by atoms with Crippen LogP contribution in [0.15, 0.2) is 0 Å². The van der Waals surface area contributed by atoms with E-state index in [2.05, 4.69) is 10.6 Å². The SMILES string of the molecule is CCCNC(=O)NC1CC1. The Kier molecular flexibility index (Phi) is 2.54. The molecule has 1 fully saturated rings. The lowest BCUT2D eigenvalue weighted by Crippen LogP contribution is -2.37. The van der Waals surface area contributed by atoms with Crippen molar-refractivity contribution in [2.75, 3.05) is 6.54 Å². The summed E-state index contributed by atoms with van der Waals surface area (Å²) in [5, 5.41) is 5.59. The molecule has 10 heavy (non-hydrogen) atoms. The molecule has 0 radical (unpaired) electrons. The first-order chi connectivity index (χ1) is 4.83. The predicted octanol–water partition coefficient (Wildman–Crippen LogP) is 0.858. The summed E-state index contributed by atoms with van der Waals surface area (Å²) in [5.74, 6) is 0. The lowest BCUT2D eigenvalue weighted by Gasteiger charge is -2.03. The highest BCUT2D eigenvalue weighted by Gasteiger charge is 2.22. The number of rotatable bonds is 3. The van der Waals surface area contributed by atoms with Crippen molar-refractivity contribution in [1.82, 2.24) is 10.6 Å². The Morgan fingerprint density at radius 1 is 1.60 bits per heavy atom. The lowest BCUT2D eigenvalue weighted by atomic mass is 10.5. The second kappa shape index (κ2) is 3.44. The van der Waals surface area contributed by atoms with E-state index in [-0.39, 0.29) is 6.03 Å². The van der Waals surface area contributed by atoms with Gasteiger partial charge >= 0.3 is 6.03 Å². The smallest absolute Gasteiger partial charge is 0.315 e. The average Bonchev–Trinajstić information content (AvgIpc) is 2.67. The summed E-state index contributed by atoms with van der Waals surface area (Å²) in [6.45, 7) is 2.82. The number of carbonyl (C=O) groups excluding carboxylic acids is 1. The third-order valence-corrected chi connectivity index (χ3v) is 1.45. The highest BCUT2D eigenvalue weighted by atomic mass is 16.2. The first-order valence-corrected chi connectivity index (χ1v) is 3.87. The molecule has 0 bridgehead atoms. The zero-order valence-corrected chi connectivity index (χ0v) is 6.31. The molecular weight excluding hydrogens is 128 g/mol. The maximum Gasteiger partial charge on any atom is 0.315 e. The molecule has 1 saturated carbocycles. The van der Waals surface area contributed by atoms with Crippen LogP contribution in [0.25, 0.3) is 0 Å². The molecule has 0 aromatic heterocycles. The van der Waals surface area contributed by atoms with Gasteiger partial charge in [-0.05, 0) is 19.3 Å². The molecule has 1 aliphatic rings. The van der Waals surface area contributed by atoms with Crippen molar-refractivity contribution in [1.29, 1.82) is 0 Å². The third-order valence-electron chi connectivity index (χ3n) is 1.45. The van der Waals surface area contributed by atoms with Gasteiger partial charge in [-0.15, -0.1) is 0 Å². The zero-order valence-electron chi connectivity index (χ0n) is 6.31. The minimum atomic E-state index is -0.00986. The third kappa shape index (κ3) is 2.71. The first-order valence-electron chi connectivity index (χ1n) is 3.87. The Bertz CT molecular complexity index is 121. The maximum atomic E-state index is 10.8. The van der Waals surface area contributed by atoms with Crippen molar-refractivity contribution in [3.05, 3.63) is 0 Å². The Morgan fingerprint density at radius 2 is 2.30 bits per heavy atom. The molecule has 1 rings (SSSR count). The molecule has 58 valence electrons. The highest BCUT2D eigenvalue weighted by Crippen LogP contribution is 2.17. The van der Waals surface area contributed by atoms with Crippen LogP contribution in [-0.2, 0) is 0 Å². The summed E-state index contributed by atoms with van der Waals surface area (Å²) >= 11 is 0. The fourth-order valence-electron chi connectivity index (χ4n) is 0.703. The van der Waals surface area contributed by atoms with Gasteiger partial charge < -0.3 is 10.6 Å². The molecule has 0 aliphatic heterocycles. The largest absolute Gasteiger partial charge is 0.338 e. The van der Waals surface area contributed by atoms with E-state index in [0.717, 1.165) is 25.8 Å². The topological polar surface area (TPSA) is 41.1 Å². The highest BCUT2D eigenvalue weighted by molar-refractivity contribution is 5.74. The molecule has 0 spiro atoms. The van der Waals surface area contributed by atoms with E-state index >= 15 is 0 Å². The Morgan fingerprint density at radius 3 is 2.80 bits per heavy atom. The summed E-state index contributed by atoms with van der Waals surface area (Å²) in [5.41, 5.74) is 0. The van der Waals surface area contributed by atoms with E-state index in [0.29, 0.717) is 6.04 Å². The molecule has 1 aliphatic carbocycles. The van der Waals surface area contributed by atoms with E-state index < -0.39 is 0 Å². The fourth-order valence-corrected chi connectivity index (χ4v) is 0.703. The van der Waals surface area contributed by atoms with Gasteiger partial charge in [0.2, 0.25) is 0 Å². The van der Waals surface area contributed by atoms with Gasteiger partial charge in [-0.25, -0.2) is 4.79 Å². The Balaban J connectivity index is 1.97. The van der Waals surface area contributed by atoms with Gasteiger partial charge in [0.1, 0.15) is 0 Å². The Labute approximate surface area is 61.2 Å². The summed E-state index contributed by atoms with van der Waals surface area (Å²) in [6.07, 6.45) is 3.30. The minimum Gasteiger partial charge on any atom is -0.338 e. The zero-order chi connectivity index (χ0) is 7.40. The van der Waals surface area contributed by atoms with Crippen LogP contribution in [-0.4, -0.2) is 18.6 Å². The van der Waals surface area contributed by atoms with Crippen LogP contribution >= 0.6 is 0 Å². The minimum absolute atomic E-state index is 0.00986. The standard InChI is InChI=1S/C7H14N2O/c1-2-5-8-7(10)9-6-3-4-6/h6H,2-5H2,1H3,(H2,8,9,10). The van der Waals surface area contributed by atoms with E-state index in [1.807, 2.05) is 6.92 Å². The number of hydrogen-bond donors (Lipinski definition) is 2. The summed E-state index contributed by atoms with van der Waals surface area (Å²) < 4.78 is 0. The quantitative estimate of drug-likeness (QED) is 0.603. The van der Waals surface area contributed by atoms with Crippen molar-refractivity contribution in [2.45, 2.75) is 32.2 Å². The molecule has 0 saturated heterocycles. The van der Waals surface area contributed by atoms with Gasteiger partial charge in [0.15, 0.2) is 0 Å². The second-order valence-corrected chi connectivity index (χ2v) is 2.67. The average molecular weight is 142 g/mol. The molecule has 2 N–H and O–H groups in total. The number of amides is 2. The van der Waals surface area contributed by atoms with Crippen LogP contribution in [0.5, 0.6) is 0 Å². The van der Waals surface area contributed by atoms with Gasteiger partial charge in [-0.1, -0.05) is 6.92 Å². The predicted molar refractivity (Wildman–Crippen MR) is 39.8 cm³/mol. The second-order valence-electron chi connectivity index (χ2n) is 2.67. The normalized spacial score (nSPS) is 16.5. The van der Waals surface area contributed by atoms with Crippen molar-refractivity contribution in [2.24, 2.45) is 0 Å². The van der Waals surface area contributed by atoms with Crippen LogP contribution in [0.2, 0.25) is 0 Å². The summed E-state index contributed by atoms with van der Waals surface area (Å²) in [4.78, 5) is 10.8. The van der Waals surface area contributed by atoms with Crippen molar-refractivity contribution in [3.63, 3.8) is 0 Å². The molecule has 0 aromatic rings. The Hall–Kier alpha value is -0.730. The monoisotopic (exact) mass is 142 g/mol. The molecule has 3 heteroatoms. The van der Waals surface area contributed by atoms with Crippen LogP contribution in [0.3, 0.4) is 0 Å². The fraction of sp³-hybridized carbons (Fsp3) is 0.857. The van der Waals surface area contributed by atoms with Crippen molar-refractivity contribution in [3.8, 4) is 0 Å². The van der Waals surface area contributed by atoms with Crippen LogP contribution < -0.4 is 10.6 Å². The lowest BCUT2D eigenvalue weighted by molar-refractivity contribution is 0.240. The number of carbonyl (C=O) groups is 1. The van der Waals surface area contributed by atoms with Crippen LogP contribution in [0.1, 0.15) is 26.2 Å². The van der Waals surface area contributed by atoms with Crippen molar-refractivity contribution < 1.29 is 4.79 Å². The van der Waals surface area contributed by atoms with Crippen LogP contribution in [0, 0.1) is 0 Å². The molecule has 3 nitrogen and oxygen atoms in total. The summed E-state index contributed by atoms with van der Waals surface area (Å²) in [6, 6.07) is 0.459. The first kappa shape index (κ1) is 7.38. The van der Waals surface area contributed by atoms with Gasteiger partial charge in [0.05, 0.1) is 0 Å². The number of nitrogens with one attached hydrogen (secondary N) is 2. The molecule has 0 unspecified atom stereocenters. The molecule has 0 atom stereocenters. The molecule has 0 aromatic carbocycles.